The van der Waals surface area contributed by atoms with Gasteiger partial charge in [-0.05, 0) is 43.1 Å². The lowest BCUT2D eigenvalue weighted by Crippen LogP contribution is -2.36. The molecule has 1 saturated heterocycles. The molecule has 4 heterocycles. The van der Waals surface area contributed by atoms with E-state index in [0.717, 1.165) is 41.4 Å². The Morgan fingerprint density at radius 1 is 1.17 bits per heavy atom. The van der Waals surface area contributed by atoms with E-state index in [1.165, 1.54) is 25.7 Å². The molecule has 2 aliphatic rings. The molecule has 1 aliphatic heterocycles. The zero-order valence-electron chi connectivity index (χ0n) is 20.7. The summed E-state index contributed by atoms with van der Waals surface area (Å²) in [4.78, 5) is 16.4. The van der Waals surface area contributed by atoms with E-state index in [2.05, 4.69) is 41.3 Å². The van der Waals surface area contributed by atoms with Gasteiger partial charge in [0.25, 0.3) is 0 Å². The number of imidazole rings is 1. The van der Waals surface area contributed by atoms with Crippen molar-refractivity contribution in [2.24, 2.45) is 17.8 Å². The number of nitrogens with zero attached hydrogens (tertiary/aromatic N) is 6. The van der Waals surface area contributed by atoms with Crippen LogP contribution < -0.4 is 4.90 Å². The summed E-state index contributed by atoms with van der Waals surface area (Å²) in [6, 6.07) is 6.01. The van der Waals surface area contributed by atoms with Crippen LogP contribution in [0.1, 0.15) is 58.6 Å². The third-order valence-electron chi connectivity index (χ3n) is 7.72. The predicted molar refractivity (Wildman–Crippen MR) is 138 cm³/mol. The number of pyridine rings is 2. The van der Waals surface area contributed by atoms with Crippen molar-refractivity contribution in [2.75, 3.05) is 11.4 Å². The number of anilines is 1. The molecule has 0 spiro atoms. The third kappa shape index (κ3) is 4.74. The van der Waals surface area contributed by atoms with Gasteiger partial charge in [-0.15, -0.1) is 0 Å². The van der Waals surface area contributed by atoms with Crippen molar-refractivity contribution in [3.05, 3.63) is 35.2 Å². The van der Waals surface area contributed by atoms with E-state index in [9.17, 15) is 10.4 Å². The van der Waals surface area contributed by atoms with Crippen LogP contribution in [0.5, 0.6) is 0 Å². The van der Waals surface area contributed by atoms with Crippen molar-refractivity contribution in [2.45, 2.75) is 71.6 Å². The van der Waals surface area contributed by atoms with Crippen molar-refractivity contribution in [1.29, 1.82) is 5.26 Å². The summed E-state index contributed by atoms with van der Waals surface area (Å²) in [5.41, 5.74) is 3.42. The highest BCUT2D eigenvalue weighted by molar-refractivity contribution is 6.30. The predicted octanol–water partition coefficient (Wildman–Crippen LogP) is 5.44. The largest absolute Gasteiger partial charge is 0.391 e. The quantitative estimate of drug-likeness (QED) is 0.510. The highest BCUT2D eigenvalue weighted by atomic mass is 35.5. The van der Waals surface area contributed by atoms with Crippen molar-refractivity contribution in [1.82, 2.24) is 19.5 Å². The van der Waals surface area contributed by atoms with Crippen LogP contribution in [0.25, 0.3) is 22.3 Å². The SMILES string of the molecule is CC(C)[C@@H]1C[C@@H](O)CN1c1nc2cc(C#N)nc(-c3cncc(Cl)c3)c2n1C[C@H]1CC[C@H](C)CC1. The second-order valence-corrected chi connectivity index (χ2v) is 11.2. The highest BCUT2D eigenvalue weighted by Crippen LogP contribution is 2.38. The number of nitriles is 1. The van der Waals surface area contributed by atoms with Gasteiger partial charge in [-0.2, -0.15) is 5.26 Å². The van der Waals surface area contributed by atoms with E-state index in [-0.39, 0.29) is 12.1 Å². The van der Waals surface area contributed by atoms with Crippen LogP contribution in [0.2, 0.25) is 5.02 Å². The molecule has 3 aromatic heterocycles. The summed E-state index contributed by atoms with van der Waals surface area (Å²) < 4.78 is 2.30. The first-order valence-electron chi connectivity index (χ1n) is 12.7. The lowest BCUT2D eigenvalue weighted by molar-refractivity contribution is 0.191. The monoisotopic (exact) mass is 492 g/mol. The zero-order chi connectivity index (χ0) is 24.7. The Morgan fingerprint density at radius 2 is 1.94 bits per heavy atom. The Bertz CT molecular complexity index is 1260. The third-order valence-corrected chi connectivity index (χ3v) is 7.93. The average molecular weight is 493 g/mol. The molecule has 3 aromatic rings. The molecule has 5 rings (SSSR count). The second kappa shape index (κ2) is 9.75. The summed E-state index contributed by atoms with van der Waals surface area (Å²) in [6.07, 6.45) is 8.55. The molecule has 35 heavy (non-hydrogen) atoms. The summed E-state index contributed by atoms with van der Waals surface area (Å²) in [5, 5.41) is 20.8. The number of aliphatic hydroxyl groups excluding tert-OH is 1. The molecule has 2 fully saturated rings. The van der Waals surface area contributed by atoms with Gasteiger partial charge in [0.15, 0.2) is 0 Å². The Kier molecular flexibility index (Phi) is 6.69. The van der Waals surface area contributed by atoms with E-state index in [1.54, 1.807) is 18.5 Å². The van der Waals surface area contributed by atoms with E-state index < -0.39 is 0 Å². The molecule has 1 N–H and O–H groups in total. The Labute approximate surface area is 211 Å². The molecular formula is C27H33ClN6O. The molecule has 1 aliphatic carbocycles. The molecule has 1 saturated carbocycles. The Morgan fingerprint density at radius 3 is 2.63 bits per heavy atom. The van der Waals surface area contributed by atoms with E-state index in [1.807, 2.05) is 6.07 Å². The van der Waals surface area contributed by atoms with Crippen molar-refractivity contribution in [3.63, 3.8) is 0 Å². The second-order valence-electron chi connectivity index (χ2n) is 10.7. The first-order valence-corrected chi connectivity index (χ1v) is 13.1. The standard InChI is InChI=1S/C27H33ClN6O/c1-16(2)24-10-22(35)15-33(24)27-32-23-9-21(11-29)31-25(19-8-20(28)13-30-12-19)26(23)34(27)14-18-6-4-17(3)5-7-18/h8-9,12-13,16-18,22,24,35H,4-7,10,14-15H2,1-3H3/t17-,18-,22-,24+/m1/s1. The number of hydrogen-bond donors (Lipinski definition) is 1. The van der Waals surface area contributed by atoms with Crippen molar-refractivity contribution in [3.8, 4) is 17.3 Å². The molecule has 0 radical (unpaired) electrons. The Balaban J connectivity index is 1.71. The van der Waals surface area contributed by atoms with E-state index in [0.29, 0.717) is 34.8 Å². The fraction of sp³-hybridized carbons (Fsp3) is 0.556. The number of aromatic nitrogens is 4. The number of fused-ring (bicyclic) bond motifs is 1. The van der Waals surface area contributed by atoms with Crippen LogP contribution in [0.4, 0.5) is 5.95 Å². The molecule has 0 amide bonds. The number of hydrogen-bond acceptors (Lipinski definition) is 6. The van der Waals surface area contributed by atoms with Gasteiger partial charge in [0.05, 0.1) is 27.9 Å². The fourth-order valence-corrected chi connectivity index (χ4v) is 5.99. The summed E-state index contributed by atoms with van der Waals surface area (Å²) in [7, 11) is 0. The Hall–Kier alpha value is -2.69. The molecule has 0 bridgehead atoms. The number of halogens is 1. The molecule has 184 valence electrons. The topological polar surface area (TPSA) is 90.9 Å². The molecular weight excluding hydrogens is 460 g/mol. The van der Waals surface area contributed by atoms with Crippen molar-refractivity contribution < 1.29 is 5.11 Å². The van der Waals surface area contributed by atoms with Crippen LogP contribution in [0.3, 0.4) is 0 Å². The molecule has 2 atom stereocenters. The molecule has 8 heteroatoms. The maximum Gasteiger partial charge on any atom is 0.206 e. The van der Waals surface area contributed by atoms with E-state index in [4.69, 9.17) is 21.6 Å². The normalized spacial score (nSPS) is 24.9. The maximum absolute atomic E-state index is 10.6. The van der Waals surface area contributed by atoms with Gasteiger partial charge in [0.1, 0.15) is 11.8 Å². The molecule has 0 aromatic carbocycles. The first kappa shape index (κ1) is 24.0. The average Bonchev–Trinajstić information content (AvgIpc) is 3.40. The van der Waals surface area contributed by atoms with Gasteiger partial charge < -0.3 is 14.6 Å². The zero-order valence-corrected chi connectivity index (χ0v) is 21.4. The van der Waals surface area contributed by atoms with Gasteiger partial charge in [0.2, 0.25) is 5.95 Å². The minimum Gasteiger partial charge on any atom is -0.391 e. The summed E-state index contributed by atoms with van der Waals surface area (Å²) in [5.74, 6) is 2.56. The summed E-state index contributed by atoms with van der Waals surface area (Å²) in [6.45, 7) is 8.13. The lowest BCUT2D eigenvalue weighted by atomic mass is 9.83. The maximum atomic E-state index is 10.6. The lowest BCUT2D eigenvalue weighted by Gasteiger charge is -2.31. The smallest absolute Gasteiger partial charge is 0.206 e. The van der Waals surface area contributed by atoms with Crippen LogP contribution in [-0.2, 0) is 6.54 Å². The summed E-state index contributed by atoms with van der Waals surface area (Å²) >= 11 is 6.29. The van der Waals surface area contributed by atoms with Gasteiger partial charge >= 0.3 is 0 Å². The van der Waals surface area contributed by atoms with Gasteiger partial charge in [-0.1, -0.05) is 45.2 Å². The first-order chi connectivity index (χ1) is 16.8. The van der Waals surface area contributed by atoms with Crippen LogP contribution >= 0.6 is 11.6 Å². The van der Waals surface area contributed by atoms with Crippen LogP contribution in [0.15, 0.2) is 24.5 Å². The minimum absolute atomic E-state index is 0.201. The van der Waals surface area contributed by atoms with Gasteiger partial charge in [0, 0.05) is 43.2 Å². The highest BCUT2D eigenvalue weighted by Gasteiger charge is 2.37. The number of aliphatic hydroxyl groups is 1. The minimum atomic E-state index is -0.379. The number of β-amino-alcohol motifs (C(OH)–C–C–N with tert-alkyl or cyclic N) is 1. The van der Waals surface area contributed by atoms with Gasteiger partial charge in [-0.25, -0.2) is 9.97 Å². The van der Waals surface area contributed by atoms with Crippen molar-refractivity contribution >= 4 is 28.6 Å². The fourth-order valence-electron chi connectivity index (χ4n) is 5.81. The van der Waals surface area contributed by atoms with Gasteiger partial charge in [-0.3, -0.25) is 4.98 Å². The molecule has 7 nitrogen and oxygen atoms in total. The number of rotatable bonds is 5. The molecule has 0 unspecified atom stereocenters. The van der Waals surface area contributed by atoms with Crippen LogP contribution in [0, 0.1) is 29.1 Å². The van der Waals surface area contributed by atoms with Crippen LogP contribution in [-0.4, -0.2) is 43.3 Å². The van der Waals surface area contributed by atoms with E-state index >= 15 is 0 Å².